The Kier molecular flexibility index (Phi) is 4.60. The molecule has 0 spiro atoms. The number of amides is 1. The normalized spacial score (nSPS) is 10.5. The molecule has 0 atom stereocenters. The predicted molar refractivity (Wildman–Crippen MR) is 86.8 cm³/mol. The first kappa shape index (κ1) is 16.4. The van der Waals surface area contributed by atoms with Gasteiger partial charge in [-0.05, 0) is 13.8 Å². The molecule has 0 saturated heterocycles. The van der Waals surface area contributed by atoms with Crippen LogP contribution in [0.4, 0.5) is 5.88 Å². The van der Waals surface area contributed by atoms with Crippen LogP contribution in [-0.4, -0.2) is 28.8 Å². The van der Waals surface area contributed by atoms with Crippen LogP contribution < -0.4 is 5.32 Å². The number of anilines is 1. The maximum absolute atomic E-state index is 11.8. The van der Waals surface area contributed by atoms with Crippen LogP contribution in [-0.2, 0) is 9.53 Å². The summed E-state index contributed by atoms with van der Waals surface area (Å²) in [5.74, 6) is -1.23. The van der Waals surface area contributed by atoms with Crippen molar-refractivity contribution < 1.29 is 23.4 Å². The minimum absolute atomic E-state index is 0.0633. The summed E-state index contributed by atoms with van der Waals surface area (Å²) in [4.78, 5) is 23.5. The highest BCUT2D eigenvalue weighted by Crippen LogP contribution is 2.21. The zero-order valence-corrected chi connectivity index (χ0v) is 13.6. The number of carbonyl (C=O) groups is 2. The molecular formula is C17H15N3O5. The molecule has 8 nitrogen and oxygen atoms in total. The minimum Gasteiger partial charge on any atom is -0.450 e. The molecule has 0 aliphatic rings. The van der Waals surface area contributed by atoms with E-state index < -0.39 is 18.5 Å². The topological polar surface area (TPSA) is 107 Å². The largest absolute Gasteiger partial charge is 0.450 e. The molecule has 2 aromatic heterocycles. The third kappa shape index (κ3) is 4.11. The Morgan fingerprint density at radius 1 is 1.08 bits per heavy atom. The summed E-state index contributed by atoms with van der Waals surface area (Å²) < 4.78 is 14.6. The van der Waals surface area contributed by atoms with Crippen molar-refractivity contribution in [1.29, 1.82) is 0 Å². The van der Waals surface area contributed by atoms with E-state index in [4.69, 9.17) is 13.8 Å². The van der Waals surface area contributed by atoms with Gasteiger partial charge in [0.1, 0.15) is 5.69 Å². The summed E-state index contributed by atoms with van der Waals surface area (Å²) in [5.41, 5.74) is 3.12. The van der Waals surface area contributed by atoms with Crippen molar-refractivity contribution in [1.82, 2.24) is 10.3 Å². The maximum atomic E-state index is 11.8. The van der Waals surface area contributed by atoms with E-state index in [0.29, 0.717) is 11.4 Å². The van der Waals surface area contributed by atoms with E-state index in [1.54, 1.807) is 13.0 Å². The molecule has 8 heteroatoms. The standard InChI is InChI=1S/C17H15N3O5/c1-10-3-5-12(6-4-10)13-8-16(25-20-13)18-15(21)9-23-17(22)14-7-11(2)19-24-14/h3-8H,9H2,1-2H3,(H,18,21). The van der Waals surface area contributed by atoms with Gasteiger partial charge in [0.15, 0.2) is 6.61 Å². The van der Waals surface area contributed by atoms with E-state index in [9.17, 15) is 9.59 Å². The number of rotatable bonds is 5. The van der Waals surface area contributed by atoms with Gasteiger partial charge < -0.3 is 13.8 Å². The molecular weight excluding hydrogens is 326 g/mol. The van der Waals surface area contributed by atoms with Crippen LogP contribution in [0.15, 0.2) is 45.4 Å². The van der Waals surface area contributed by atoms with Crippen molar-refractivity contribution in [3.63, 3.8) is 0 Å². The lowest BCUT2D eigenvalue weighted by Gasteiger charge is -2.01. The number of aromatic nitrogens is 2. The molecule has 0 fully saturated rings. The van der Waals surface area contributed by atoms with Gasteiger partial charge in [-0.25, -0.2) is 4.79 Å². The fraction of sp³-hybridized carbons (Fsp3) is 0.176. The fourth-order valence-corrected chi connectivity index (χ4v) is 2.03. The summed E-state index contributed by atoms with van der Waals surface area (Å²) in [6.07, 6.45) is 0. The number of carbonyl (C=O) groups excluding carboxylic acids is 2. The smallest absolute Gasteiger partial charge is 0.377 e. The van der Waals surface area contributed by atoms with Gasteiger partial charge in [-0.15, -0.1) is 0 Å². The highest BCUT2D eigenvalue weighted by molar-refractivity contribution is 5.94. The second-order valence-electron chi connectivity index (χ2n) is 5.40. The molecule has 1 amide bonds. The van der Waals surface area contributed by atoms with Gasteiger partial charge in [0.2, 0.25) is 11.6 Å². The third-order valence-corrected chi connectivity index (χ3v) is 3.28. The molecule has 3 rings (SSSR count). The Morgan fingerprint density at radius 2 is 1.84 bits per heavy atom. The minimum atomic E-state index is -0.770. The molecule has 25 heavy (non-hydrogen) atoms. The molecule has 0 radical (unpaired) electrons. The molecule has 2 heterocycles. The number of nitrogens with one attached hydrogen (secondary N) is 1. The van der Waals surface area contributed by atoms with Crippen LogP contribution in [0.5, 0.6) is 0 Å². The van der Waals surface area contributed by atoms with Crippen LogP contribution >= 0.6 is 0 Å². The fourth-order valence-electron chi connectivity index (χ4n) is 2.03. The van der Waals surface area contributed by atoms with Crippen molar-refractivity contribution in [2.45, 2.75) is 13.8 Å². The number of nitrogens with zero attached hydrogens (tertiary/aromatic N) is 2. The molecule has 128 valence electrons. The Labute approximate surface area is 142 Å². The second kappa shape index (κ2) is 7.00. The molecule has 0 saturated carbocycles. The zero-order valence-electron chi connectivity index (χ0n) is 13.6. The van der Waals surface area contributed by atoms with Gasteiger partial charge >= 0.3 is 5.97 Å². The Balaban J connectivity index is 1.55. The highest BCUT2D eigenvalue weighted by atomic mass is 16.6. The van der Waals surface area contributed by atoms with Crippen LogP contribution in [0.2, 0.25) is 0 Å². The van der Waals surface area contributed by atoms with E-state index in [-0.39, 0.29) is 11.6 Å². The average molecular weight is 341 g/mol. The molecule has 1 aromatic carbocycles. The van der Waals surface area contributed by atoms with Crippen molar-refractivity contribution in [2.24, 2.45) is 0 Å². The average Bonchev–Trinajstić information content (AvgIpc) is 3.22. The number of benzene rings is 1. The van der Waals surface area contributed by atoms with Gasteiger partial charge in [-0.2, -0.15) is 0 Å². The van der Waals surface area contributed by atoms with Gasteiger partial charge in [-0.3, -0.25) is 10.1 Å². The molecule has 0 bridgehead atoms. The lowest BCUT2D eigenvalue weighted by atomic mass is 10.1. The monoisotopic (exact) mass is 341 g/mol. The van der Waals surface area contributed by atoms with E-state index in [0.717, 1.165) is 11.1 Å². The van der Waals surface area contributed by atoms with E-state index in [1.807, 2.05) is 31.2 Å². The van der Waals surface area contributed by atoms with Gasteiger partial charge in [0.25, 0.3) is 5.91 Å². The molecule has 0 aliphatic heterocycles. The maximum Gasteiger partial charge on any atom is 0.377 e. The first-order valence-corrected chi connectivity index (χ1v) is 7.45. The molecule has 1 N–H and O–H groups in total. The van der Waals surface area contributed by atoms with Gasteiger partial charge in [0, 0.05) is 17.7 Å². The Morgan fingerprint density at radius 3 is 2.52 bits per heavy atom. The highest BCUT2D eigenvalue weighted by Gasteiger charge is 2.16. The van der Waals surface area contributed by atoms with Crippen LogP contribution in [0.3, 0.4) is 0 Å². The molecule has 0 unspecified atom stereocenters. The van der Waals surface area contributed by atoms with Crippen LogP contribution in [0.25, 0.3) is 11.3 Å². The zero-order chi connectivity index (χ0) is 17.8. The quantitative estimate of drug-likeness (QED) is 0.711. The number of esters is 1. The van der Waals surface area contributed by atoms with E-state index >= 15 is 0 Å². The van der Waals surface area contributed by atoms with Crippen LogP contribution in [0.1, 0.15) is 21.8 Å². The second-order valence-corrected chi connectivity index (χ2v) is 5.40. The van der Waals surface area contributed by atoms with Crippen LogP contribution in [0, 0.1) is 13.8 Å². The number of ether oxygens (including phenoxy) is 1. The third-order valence-electron chi connectivity index (χ3n) is 3.28. The van der Waals surface area contributed by atoms with Crippen molar-refractivity contribution in [3.8, 4) is 11.3 Å². The summed E-state index contributed by atoms with van der Waals surface area (Å²) in [6.45, 7) is 3.17. The summed E-state index contributed by atoms with van der Waals surface area (Å²) in [6, 6.07) is 10.7. The number of hydrogen-bond donors (Lipinski definition) is 1. The van der Waals surface area contributed by atoms with Crippen molar-refractivity contribution in [2.75, 3.05) is 11.9 Å². The lowest BCUT2D eigenvalue weighted by molar-refractivity contribution is -0.119. The first-order chi connectivity index (χ1) is 12.0. The SMILES string of the molecule is Cc1ccc(-c2cc(NC(=O)COC(=O)c3cc(C)no3)on2)cc1. The summed E-state index contributed by atoms with van der Waals surface area (Å²) in [5, 5.41) is 9.93. The van der Waals surface area contributed by atoms with E-state index in [1.165, 1.54) is 6.07 Å². The predicted octanol–water partition coefficient (Wildman–Crippen LogP) is 2.74. The number of hydrogen-bond acceptors (Lipinski definition) is 7. The molecule has 3 aromatic rings. The van der Waals surface area contributed by atoms with Gasteiger partial charge in [-0.1, -0.05) is 40.1 Å². The van der Waals surface area contributed by atoms with Crippen molar-refractivity contribution >= 4 is 17.8 Å². The Hall–Kier alpha value is -3.42. The Bertz CT molecular complexity index is 895. The lowest BCUT2D eigenvalue weighted by Crippen LogP contribution is -2.20. The molecule has 0 aliphatic carbocycles. The first-order valence-electron chi connectivity index (χ1n) is 7.45. The summed E-state index contributed by atoms with van der Waals surface area (Å²) >= 11 is 0. The summed E-state index contributed by atoms with van der Waals surface area (Å²) in [7, 11) is 0. The van der Waals surface area contributed by atoms with Crippen molar-refractivity contribution in [3.05, 3.63) is 53.4 Å². The van der Waals surface area contributed by atoms with Gasteiger partial charge in [0.05, 0.1) is 5.69 Å². The number of aryl methyl sites for hydroxylation is 2. The van der Waals surface area contributed by atoms with E-state index in [2.05, 4.69) is 15.6 Å².